The van der Waals surface area contributed by atoms with E-state index in [4.69, 9.17) is 13.9 Å². The number of fused-ring (bicyclic) bond motifs is 2. The van der Waals surface area contributed by atoms with Crippen molar-refractivity contribution in [1.82, 2.24) is 14.5 Å². The lowest BCUT2D eigenvalue weighted by atomic mass is 9.80. The molecule has 42 heavy (non-hydrogen) atoms. The molecule has 0 aliphatic carbocycles. The Labute approximate surface area is 242 Å². The number of hydrogen-bond acceptors (Lipinski definition) is 7. The summed E-state index contributed by atoms with van der Waals surface area (Å²) in [6.45, 7) is 3.09. The number of H-pyrrole nitrogens is 1. The van der Waals surface area contributed by atoms with Gasteiger partial charge in [-0.15, -0.1) is 0 Å². The van der Waals surface area contributed by atoms with Gasteiger partial charge in [0, 0.05) is 49.7 Å². The van der Waals surface area contributed by atoms with E-state index in [1.165, 1.54) is 6.26 Å². The molecule has 4 heterocycles. The van der Waals surface area contributed by atoms with Crippen LogP contribution in [0.1, 0.15) is 50.1 Å². The number of nitrogens with one attached hydrogen (secondary N) is 1. The van der Waals surface area contributed by atoms with Gasteiger partial charge in [0.25, 0.3) is 5.91 Å². The Hall–Kier alpha value is -4.15. The van der Waals surface area contributed by atoms with Gasteiger partial charge in [-0.1, -0.05) is 24.3 Å². The van der Waals surface area contributed by atoms with Gasteiger partial charge in [0.1, 0.15) is 5.58 Å². The molecular formula is C32H35N3O7. The van der Waals surface area contributed by atoms with E-state index < -0.39 is 12.2 Å². The lowest BCUT2D eigenvalue weighted by Gasteiger charge is -2.38. The van der Waals surface area contributed by atoms with Crippen molar-refractivity contribution < 1.29 is 23.8 Å². The van der Waals surface area contributed by atoms with Gasteiger partial charge in [0.15, 0.2) is 11.2 Å². The topological polar surface area (TPSA) is 127 Å². The third-order valence-electron chi connectivity index (χ3n) is 8.43. The molecule has 2 aliphatic rings. The maximum absolute atomic E-state index is 13.8. The molecule has 220 valence electrons. The summed E-state index contributed by atoms with van der Waals surface area (Å²) in [6.07, 6.45) is 4.67. The molecule has 1 amide bonds. The van der Waals surface area contributed by atoms with Crippen LogP contribution in [0.4, 0.5) is 0 Å². The zero-order valence-electron chi connectivity index (χ0n) is 23.5. The van der Waals surface area contributed by atoms with Crippen molar-refractivity contribution in [2.24, 2.45) is 5.92 Å². The molecule has 2 aromatic heterocycles. The summed E-state index contributed by atoms with van der Waals surface area (Å²) in [5.41, 5.74) is 2.25. The highest BCUT2D eigenvalue weighted by Gasteiger charge is 2.40. The number of para-hydroxylation sites is 3. The van der Waals surface area contributed by atoms with Gasteiger partial charge in [-0.25, -0.2) is 4.79 Å². The highest BCUT2D eigenvalue weighted by Crippen LogP contribution is 2.39. The molecule has 0 bridgehead atoms. The fourth-order valence-corrected chi connectivity index (χ4v) is 6.36. The molecule has 10 heteroatoms. The standard InChI is InChI=1S/C32H35N3O7/c1-2-40-31-21(9-7-17-36)23(24-19-41-27-12-6-3-8-22(27)29(24)37)18-28(42-31)30(38)34-15-13-20(14-16-34)35-26-11-5-4-10-25(26)33-32(35)39/h3-6,8,10-12,18-21,23,31,36H,2,7,9,13-17H2,1H3,(H,33,39)/t21-,23-,31+/m0/s1. The highest BCUT2D eigenvalue weighted by atomic mass is 16.7. The summed E-state index contributed by atoms with van der Waals surface area (Å²) in [4.78, 5) is 44.8. The number of aromatic amines is 1. The SMILES string of the molecule is CCO[C@@H]1OC(C(=O)N2CCC(n3c(=O)[nH]c4ccccc43)CC2)=C[C@H](c2coc3ccccc3c2=O)[C@@H]1CCCO. The summed E-state index contributed by atoms with van der Waals surface area (Å²) in [5.74, 6) is -0.963. The zero-order chi connectivity index (χ0) is 29.2. The predicted molar refractivity (Wildman–Crippen MR) is 157 cm³/mol. The third-order valence-corrected chi connectivity index (χ3v) is 8.43. The molecule has 6 rings (SSSR count). The molecule has 10 nitrogen and oxygen atoms in total. The zero-order valence-corrected chi connectivity index (χ0v) is 23.5. The number of aliphatic hydroxyl groups excluding tert-OH is 1. The van der Waals surface area contributed by atoms with Crippen molar-refractivity contribution in [2.75, 3.05) is 26.3 Å². The van der Waals surface area contributed by atoms with Crippen molar-refractivity contribution in [2.45, 2.75) is 50.9 Å². The molecule has 2 aromatic carbocycles. The van der Waals surface area contributed by atoms with E-state index in [-0.39, 0.29) is 41.4 Å². The number of likely N-dealkylation sites (tertiary alicyclic amines) is 1. The minimum atomic E-state index is -0.774. The predicted octanol–water partition coefficient (Wildman–Crippen LogP) is 4.05. The van der Waals surface area contributed by atoms with E-state index in [1.807, 2.05) is 37.3 Å². The van der Waals surface area contributed by atoms with Crippen LogP contribution in [0.3, 0.4) is 0 Å². The Morgan fingerprint density at radius 3 is 2.64 bits per heavy atom. The van der Waals surface area contributed by atoms with Crippen LogP contribution in [-0.4, -0.2) is 58.1 Å². The Bertz CT molecular complexity index is 1730. The van der Waals surface area contributed by atoms with E-state index in [9.17, 15) is 19.5 Å². The number of carbonyl (C=O) groups excluding carboxylic acids is 1. The van der Waals surface area contributed by atoms with Gasteiger partial charge >= 0.3 is 5.69 Å². The fraction of sp³-hybridized carbons (Fsp3) is 0.406. The molecule has 0 unspecified atom stereocenters. The molecule has 0 radical (unpaired) electrons. The van der Waals surface area contributed by atoms with Crippen LogP contribution >= 0.6 is 0 Å². The minimum absolute atomic E-state index is 0.0155. The first-order valence-electron chi connectivity index (χ1n) is 14.6. The van der Waals surface area contributed by atoms with Crippen LogP contribution in [0.15, 0.2) is 80.6 Å². The summed E-state index contributed by atoms with van der Waals surface area (Å²) in [7, 11) is 0. The van der Waals surface area contributed by atoms with Gasteiger partial charge in [0.2, 0.25) is 6.29 Å². The summed E-state index contributed by atoms with van der Waals surface area (Å²) in [5, 5.41) is 10.0. The second kappa shape index (κ2) is 12.0. The molecule has 0 spiro atoms. The van der Waals surface area contributed by atoms with Crippen molar-refractivity contribution >= 4 is 27.9 Å². The van der Waals surface area contributed by atoms with Crippen molar-refractivity contribution in [3.8, 4) is 0 Å². The second-order valence-electron chi connectivity index (χ2n) is 10.9. The summed E-state index contributed by atoms with van der Waals surface area (Å²) >= 11 is 0. The lowest BCUT2D eigenvalue weighted by molar-refractivity contribution is -0.170. The number of nitrogens with zero attached hydrogens (tertiary/aromatic N) is 2. The van der Waals surface area contributed by atoms with Crippen LogP contribution in [0.2, 0.25) is 0 Å². The van der Waals surface area contributed by atoms with Gasteiger partial charge in [-0.2, -0.15) is 0 Å². The quantitative estimate of drug-likeness (QED) is 0.326. The Morgan fingerprint density at radius 1 is 1.10 bits per heavy atom. The van der Waals surface area contributed by atoms with Crippen LogP contribution in [0.25, 0.3) is 22.0 Å². The number of carbonyl (C=O) groups is 1. The fourth-order valence-electron chi connectivity index (χ4n) is 6.36. The van der Waals surface area contributed by atoms with Gasteiger partial charge in [-0.05, 0) is 62.9 Å². The largest absolute Gasteiger partial charge is 0.464 e. The maximum Gasteiger partial charge on any atom is 0.326 e. The molecule has 4 aromatic rings. The minimum Gasteiger partial charge on any atom is -0.464 e. The molecule has 3 atom stereocenters. The Balaban J connectivity index is 1.29. The van der Waals surface area contributed by atoms with Crippen LogP contribution in [0.5, 0.6) is 0 Å². The number of allylic oxidation sites excluding steroid dienone is 1. The highest BCUT2D eigenvalue weighted by molar-refractivity contribution is 5.92. The van der Waals surface area contributed by atoms with E-state index in [0.717, 1.165) is 11.0 Å². The van der Waals surface area contributed by atoms with Gasteiger partial charge in [0.05, 0.1) is 22.7 Å². The van der Waals surface area contributed by atoms with Crippen LogP contribution in [0, 0.1) is 5.92 Å². The Morgan fingerprint density at radius 2 is 1.86 bits per heavy atom. The van der Waals surface area contributed by atoms with E-state index in [0.29, 0.717) is 61.9 Å². The summed E-state index contributed by atoms with van der Waals surface area (Å²) in [6, 6.07) is 14.6. The van der Waals surface area contributed by atoms with E-state index in [1.54, 1.807) is 33.7 Å². The van der Waals surface area contributed by atoms with Crippen molar-refractivity contribution in [1.29, 1.82) is 0 Å². The molecule has 2 aliphatic heterocycles. The second-order valence-corrected chi connectivity index (χ2v) is 10.9. The number of benzene rings is 2. The first-order valence-corrected chi connectivity index (χ1v) is 14.6. The van der Waals surface area contributed by atoms with Gasteiger partial charge in [-0.3, -0.25) is 14.2 Å². The lowest BCUT2D eigenvalue weighted by Crippen LogP contribution is -2.44. The van der Waals surface area contributed by atoms with Gasteiger partial charge < -0.3 is 28.9 Å². The maximum atomic E-state index is 13.8. The monoisotopic (exact) mass is 573 g/mol. The van der Waals surface area contributed by atoms with E-state index in [2.05, 4.69) is 4.98 Å². The number of hydrogen-bond donors (Lipinski definition) is 2. The van der Waals surface area contributed by atoms with Crippen molar-refractivity contribution in [3.63, 3.8) is 0 Å². The van der Waals surface area contributed by atoms with Crippen LogP contribution < -0.4 is 11.1 Å². The number of ether oxygens (including phenoxy) is 2. The number of aliphatic hydroxyl groups is 1. The van der Waals surface area contributed by atoms with Crippen LogP contribution in [-0.2, 0) is 14.3 Å². The molecular weight excluding hydrogens is 538 g/mol. The molecule has 0 saturated carbocycles. The average Bonchev–Trinajstić information content (AvgIpc) is 3.36. The number of aromatic nitrogens is 2. The summed E-state index contributed by atoms with van der Waals surface area (Å²) < 4.78 is 19.8. The van der Waals surface area contributed by atoms with Crippen molar-refractivity contribution in [3.05, 3.63) is 92.9 Å². The number of imidazole rings is 1. The molecule has 1 saturated heterocycles. The van der Waals surface area contributed by atoms with E-state index >= 15 is 0 Å². The molecule has 2 N–H and O–H groups in total. The third kappa shape index (κ3) is 5.16. The normalized spacial score (nSPS) is 21.4. The number of piperidine rings is 1. The number of rotatable bonds is 8. The first-order chi connectivity index (χ1) is 20.5. The smallest absolute Gasteiger partial charge is 0.326 e. The first kappa shape index (κ1) is 28.0. The average molecular weight is 574 g/mol. The Kier molecular flexibility index (Phi) is 7.99. The number of amides is 1. The molecule has 1 fully saturated rings.